The molecule has 0 radical (unpaired) electrons. The minimum absolute atomic E-state index is 0. The van der Waals surface area contributed by atoms with Crippen molar-refractivity contribution in [3.05, 3.63) is 29.8 Å². The van der Waals surface area contributed by atoms with Crippen LogP contribution < -0.4 is 15.4 Å². The van der Waals surface area contributed by atoms with E-state index in [-0.39, 0.29) is 36.1 Å². The smallest absolute Gasteiger partial charge is 0.191 e. The third kappa shape index (κ3) is 7.40. The van der Waals surface area contributed by atoms with Crippen LogP contribution in [0.15, 0.2) is 29.3 Å². The number of ether oxygens (including phenoxy) is 3. The molecule has 0 bridgehead atoms. The molecular weight excluding hydrogens is 469 g/mol. The zero-order chi connectivity index (χ0) is 18.9. The molecule has 0 amide bonds. The molecular formula is C21H34IN3O3. The molecule has 1 heterocycles. The van der Waals surface area contributed by atoms with Gasteiger partial charge in [0.25, 0.3) is 0 Å². The molecule has 2 N–H and O–H groups in total. The highest BCUT2D eigenvalue weighted by Crippen LogP contribution is 2.27. The van der Waals surface area contributed by atoms with E-state index in [4.69, 9.17) is 19.2 Å². The summed E-state index contributed by atoms with van der Waals surface area (Å²) in [6.07, 6.45) is 5.17. The summed E-state index contributed by atoms with van der Waals surface area (Å²) in [4.78, 5) is 4.75. The number of guanidine groups is 1. The van der Waals surface area contributed by atoms with E-state index < -0.39 is 0 Å². The van der Waals surface area contributed by atoms with Gasteiger partial charge in [-0.2, -0.15) is 0 Å². The number of hydrogen-bond acceptors (Lipinski definition) is 4. The highest BCUT2D eigenvalue weighted by molar-refractivity contribution is 14.0. The van der Waals surface area contributed by atoms with Gasteiger partial charge in [0, 0.05) is 24.8 Å². The average molecular weight is 503 g/mol. The van der Waals surface area contributed by atoms with Crippen molar-refractivity contribution in [2.24, 2.45) is 4.99 Å². The van der Waals surface area contributed by atoms with E-state index in [9.17, 15) is 0 Å². The first-order chi connectivity index (χ1) is 13.2. The van der Waals surface area contributed by atoms with Crippen LogP contribution in [0.2, 0.25) is 0 Å². The van der Waals surface area contributed by atoms with Gasteiger partial charge < -0.3 is 24.8 Å². The molecule has 2 unspecified atom stereocenters. The Labute approximate surface area is 185 Å². The molecule has 2 aliphatic rings. The summed E-state index contributed by atoms with van der Waals surface area (Å²) in [5.74, 6) is 1.76. The topological polar surface area (TPSA) is 64.1 Å². The number of halogens is 1. The van der Waals surface area contributed by atoms with Crippen LogP contribution >= 0.6 is 24.0 Å². The number of nitrogens with one attached hydrogen (secondary N) is 2. The third-order valence-electron chi connectivity index (χ3n) is 4.92. The van der Waals surface area contributed by atoms with Crippen molar-refractivity contribution < 1.29 is 14.2 Å². The molecule has 6 nitrogen and oxygen atoms in total. The maximum atomic E-state index is 6.11. The summed E-state index contributed by atoms with van der Waals surface area (Å²) < 4.78 is 17.4. The molecule has 28 heavy (non-hydrogen) atoms. The maximum Gasteiger partial charge on any atom is 0.191 e. The van der Waals surface area contributed by atoms with Gasteiger partial charge in [-0.15, -0.1) is 24.0 Å². The Balaban J connectivity index is 0.00000280. The molecule has 1 aromatic carbocycles. The predicted molar refractivity (Wildman–Crippen MR) is 123 cm³/mol. The van der Waals surface area contributed by atoms with Crippen LogP contribution in [-0.2, 0) is 16.0 Å². The lowest BCUT2D eigenvalue weighted by atomic mass is 9.96. The molecule has 1 saturated carbocycles. The lowest BCUT2D eigenvalue weighted by Crippen LogP contribution is -2.44. The molecule has 1 aliphatic carbocycles. The van der Waals surface area contributed by atoms with Crippen molar-refractivity contribution in [2.75, 3.05) is 26.4 Å². The molecule has 1 aromatic rings. The van der Waals surface area contributed by atoms with Crippen LogP contribution in [0.1, 0.15) is 45.1 Å². The Kier molecular flexibility index (Phi) is 10.4. The van der Waals surface area contributed by atoms with Crippen molar-refractivity contribution >= 4 is 29.9 Å². The third-order valence-corrected chi connectivity index (χ3v) is 4.92. The maximum absolute atomic E-state index is 6.11. The first kappa shape index (κ1) is 23.2. The quantitative estimate of drug-likeness (QED) is 0.307. The highest BCUT2D eigenvalue weighted by atomic mass is 127. The van der Waals surface area contributed by atoms with Gasteiger partial charge in [0.05, 0.1) is 32.0 Å². The normalized spacial score (nSPS) is 20.8. The molecule has 1 saturated heterocycles. The molecule has 2 atom stereocenters. The Morgan fingerprint density at radius 3 is 2.75 bits per heavy atom. The van der Waals surface area contributed by atoms with E-state index >= 15 is 0 Å². The van der Waals surface area contributed by atoms with Gasteiger partial charge in [0.2, 0.25) is 0 Å². The van der Waals surface area contributed by atoms with Crippen molar-refractivity contribution in [1.29, 1.82) is 0 Å². The summed E-state index contributed by atoms with van der Waals surface area (Å²) in [6.45, 7) is 7.73. The van der Waals surface area contributed by atoms with Crippen molar-refractivity contribution in [2.45, 2.75) is 64.3 Å². The summed E-state index contributed by atoms with van der Waals surface area (Å²) in [5, 5.41) is 6.74. The zero-order valence-electron chi connectivity index (χ0n) is 17.0. The van der Waals surface area contributed by atoms with Gasteiger partial charge in [-0.3, -0.25) is 0 Å². The van der Waals surface area contributed by atoms with Crippen molar-refractivity contribution in [1.82, 2.24) is 10.6 Å². The molecule has 7 heteroatoms. The molecule has 0 aromatic heterocycles. The van der Waals surface area contributed by atoms with E-state index in [0.29, 0.717) is 25.9 Å². The van der Waals surface area contributed by atoms with E-state index in [1.807, 2.05) is 18.2 Å². The lowest BCUT2D eigenvalue weighted by molar-refractivity contribution is 0.0347. The van der Waals surface area contributed by atoms with Gasteiger partial charge in [-0.25, -0.2) is 4.99 Å². The standard InChI is InChI=1S/C21H33N3O3.HI/c1-3-22-21(24-16(2)14-26-19-11-12-25-15-19)23-13-17-7-4-5-10-20(17)27-18-8-6-9-18;/h4-5,7,10,16,18-19H,3,6,8-9,11-15H2,1-2H3,(H2,22,23,24);1H. The van der Waals surface area contributed by atoms with Crippen LogP contribution in [0.5, 0.6) is 5.75 Å². The molecule has 3 rings (SSSR count). The molecule has 2 fully saturated rings. The molecule has 1 aliphatic heterocycles. The van der Waals surface area contributed by atoms with Gasteiger partial charge >= 0.3 is 0 Å². The first-order valence-electron chi connectivity index (χ1n) is 10.2. The van der Waals surface area contributed by atoms with E-state index in [1.54, 1.807) is 0 Å². The van der Waals surface area contributed by atoms with Crippen LogP contribution in [0.4, 0.5) is 0 Å². The number of rotatable bonds is 9. The summed E-state index contributed by atoms with van der Waals surface area (Å²) in [7, 11) is 0. The van der Waals surface area contributed by atoms with E-state index in [0.717, 1.165) is 49.7 Å². The van der Waals surface area contributed by atoms with Crippen molar-refractivity contribution in [3.63, 3.8) is 0 Å². The van der Waals surface area contributed by atoms with Gasteiger partial charge in [0.15, 0.2) is 5.96 Å². The minimum Gasteiger partial charge on any atom is -0.490 e. The number of aliphatic imine (C=N–C) groups is 1. The fourth-order valence-corrected chi connectivity index (χ4v) is 3.10. The van der Waals surface area contributed by atoms with Gasteiger partial charge in [0.1, 0.15) is 5.75 Å². The van der Waals surface area contributed by atoms with Crippen LogP contribution in [0.25, 0.3) is 0 Å². The average Bonchev–Trinajstić information content (AvgIpc) is 3.15. The zero-order valence-corrected chi connectivity index (χ0v) is 19.3. The van der Waals surface area contributed by atoms with Crippen LogP contribution in [0, 0.1) is 0 Å². The monoisotopic (exact) mass is 503 g/mol. The predicted octanol–water partition coefficient (Wildman–Crippen LogP) is 3.49. The SMILES string of the molecule is CCNC(=NCc1ccccc1OC1CCC1)NC(C)COC1CCOC1.I. The largest absolute Gasteiger partial charge is 0.490 e. The fraction of sp³-hybridized carbons (Fsp3) is 0.667. The number of para-hydroxylation sites is 1. The number of nitrogens with zero attached hydrogens (tertiary/aromatic N) is 1. The molecule has 0 spiro atoms. The van der Waals surface area contributed by atoms with Crippen molar-refractivity contribution in [3.8, 4) is 5.75 Å². The highest BCUT2D eigenvalue weighted by Gasteiger charge is 2.20. The second kappa shape index (κ2) is 12.5. The summed E-state index contributed by atoms with van der Waals surface area (Å²) in [6, 6.07) is 8.37. The second-order valence-corrected chi connectivity index (χ2v) is 7.34. The summed E-state index contributed by atoms with van der Waals surface area (Å²) >= 11 is 0. The lowest BCUT2D eigenvalue weighted by Gasteiger charge is -2.27. The second-order valence-electron chi connectivity index (χ2n) is 7.34. The Morgan fingerprint density at radius 1 is 1.25 bits per heavy atom. The van der Waals surface area contributed by atoms with Crippen LogP contribution in [0.3, 0.4) is 0 Å². The Bertz CT molecular complexity index is 604. The number of hydrogen-bond donors (Lipinski definition) is 2. The van der Waals surface area contributed by atoms with E-state index in [1.165, 1.54) is 6.42 Å². The first-order valence-corrected chi connectivity index (χ1v) is 10.2. The van der Waals surface area contributed by atoms with Gasteiger partial charge in [-0.1, -0.05) is 18.2 Å². The number of benzene rings is 1. The Morgan fingerprint density at radius 2 is 2.07 bits per heavy atom. The minimum atomic E-state index is 0. The Hall–Kier alpha value is -1.06. The summed E-state index contributed by atoms with van der Waals surface area (Å²) in [5.41, 5.74) is 1.12. The van der Waals surface area contributed by atoms with E-state index in [2.05, 4.69) is 30.5 Å². The van der Waals surface area contributed by atoms with Gasteiger partial charge in [-0.05, 0) is 45.6 Å². The van der Waals surface area contributed by atoms with Crippen LogP contribution in [-0.4, -0.2) is 50.6 Å². The fourth-order valence-electron chi connectivity index (χ4n) is 3.10. The molecule has 158 valence electrons.